The van der Waals surface area contributed by atoms with Crippen molar-refractivity contribution < 1.29 is 18.4 Å². The number of halogens is 3. The van der Waals surface area contributed by atoms with Crippen molar-refractivity contribution in [3.05, 3.63) is 35.4 Å². The van der Waals surface area contributed by atoms with Gasteiger partial charge >= 0.3 is 4.83 Å². The molecule has 1 aromatic carbocycles. The number of amides is 2. The fraction of sp³-hybridized carbons (Fsp3) is 0.273. The number of fused-ring (bicyclic) bond motifs is 1. The van der Waals surface area contributed by atoms with E-state index in [0.717, 1.165) is 4.90 Å². The van der Waals surface area contributed by atoms with Crippen LogP contribution in [0, 0.1) is 0 Å². The van der Waals surface area contributed by atoms with Gasteiger partial charge in [-0.05, 0) is 28.1 Å². The summed E-state index contributed by atoms with van der Waals surface area (Å²) in [5.41, 5.74) is 0.547. The molecule has 0 spiro atoms. The molecule has 2 rings (SSSR count). The normalized spacial score (nSPS) is 15.4. The minimum absolute atomic E-state index is 0.274. The van der Waals surface area contributed by atoms with Crippen LogP contribution in [0.3, 0.4) is 0 Å². The summed E-state index contributed by atoms with van der Waals surface area (Å²) in [5, 5.41) is 0. The fourth-order valence-electron chi connectivity index (χ4n) is 1.68. The van der Waals surface area contributed by atoms with Crippen LogP contribution in [0.2, 0.25) is 0 Å². The van der Waals surface area contributed by atoms with Gasteiger partial charge in [0.1, 0.15) is 0 Å². The average molecular weight is 304 g/mol. The molecule has 6 heteroatoms. The zero-order chi connectivity index (χ0) is 12.6. The molecule has 17 heavy (non-hydrogen) atoms. The maximum absolute atomic E-state index is 12.6. The molecule has 1 heterocycles. The maximum Gasteiger partial charge on any atom is 0.303 e. The van der Waals surface area contributed by atoms with Gasteiger partial charge < -0.3 is 0 Å². The summed E-state index contributed by atoms with van der Waals surface area (Å²) < 4.78 is 25.3. The van der Waals surface area contributed by atoms with E-state index < -0.39 is 23.1 Å². The van der Waals surface area contributed by atoms with Crippen LogP contribution >= 0.6 is 15.9 Å². The van der Waals surface area contributed by atoms with Crippen molar-refractivity contribution in [2.24, 2.45) is 0 Å². The number of rotatable bonds is 3. The average Bonchev–Trinajstić information content (AvgIpc) is 2.49. The minimum Gasteiger partial charge on any atom is -0.274 e. The first-order valence-electron chi connectivity index (χ1n) is 4.92. The summed E-state index contributed by atoms with van der Waals surface area (Å²) in [6.07, 6.45) is -0.599. The number of carbonyl (C=O) groups excluding carboxylic acids is 2. The van der Waals surface area contributed by atoms with E-state index >= 15 is 0 Å². The molecule has 90 valence electrons. The SMILES string of the molecule is O=C1c2ccccc2C(=O)N1CCC(F)(F)Br. The quantitative estimate of drug-likeness (QED) is 0.636. The predicted octanol–water partition coefficient (Wildman–Crippen LogP) is 2.66. The lowest BCUT2D eigenvalue weighted by Crippen LogP contribution is -2.32. The van der Waals surface area contributed by atoms with Gasteiger partial charge in [0, 0.05) is 13.0 Å². The molecule has 1 aliphatic heterocycles. The van der Waals surface area contributed by atoms with E-state index in [0.29, 0.717) is 0 Å². The van der Waals surface area contributed by atoms with E-state index in [-0.39, 0.29) is 17.7 Å². The Bertz CT molecular complexity index is 450. The first-order chi connectivity index (χ1) is 7.90. The lowest BCUT2D eigenvalue weighted by molar-refractivity contribution is 0.0569. The third-order valence-corrected chi connectivity index (χ3v) is 2.89. The van der Waals surface area contributed by atoms with Crippen molar-refractivity contribution in [2.45, 2.75) is 11.3 Å². The molecule has 0 bridgehead atoms. The second kappa shape index (κ2) is 4.18. The summed E-state index contributed by atoms with van der Waals surface area (Å²) >= 11 is 2.18. The third kappa shape index (κ3) is 2.36. The van der Waals surface area contributed by atoms with Crippen molar-refractivity contribution in [2.75, 3.05) is 6.54 Å². The first-order valence-corrected chi connectivity index (χ1v) is 5.71. The molecule has 1 aromatic rings. The molecule has 0 saturated carbocycles. The van der Waals surface area contributed by atoms with E-state index in [1.165, 1.54) is 12.1 Å². The Morgan fingerprint density at radius 2 is 1.59 bits per heavy atom. The Kier molecular flexibility index (Phi) is 2.99. The zero-order valence-corrected chi connectivity index (χ0v) is 10.2. The summed E-state index contributed by atoms with van der Waals surface area (Å²) in [6.45, 7) is -0.301. The van der Waals surface area contributed by atoms with E-state index in [4.69, 9.17) is 0 Å². The van der Waals surface area contributed by atoms with Crippen LogP contribution in [0.15, 0.2) is 24.3 Å². The number of benzene rings is 1. The lowest BCUT2D eigenvalue weighted by atomic mass is 10.1. The number of alkyl halides is 3. The van der Waals surface area contributed by atoms with E-state index in [2.05, 4.69) is 15.9 Å². The van der Waals surface area contributed by atoms with Crippen molar-refractivity contribution in [3.63, 3.8) is 0 Å². The highest BCUT2D eigenvalue weighted by atomic mass is 79.9. The molecule has 0 saturated heterocycles. The Balaban J connectivity index is 2.19. The Morgan fingerprint density at radius 1 is 1.12 bits per heavy atom. The van der Waals surface area contributed by atoms with Gasteiger partial charge in [0.05, 0.1) is 11.1 Å². The van der Waals surface area contributed by atoms with Crippen molar-refractivity contribution >= 4 is 27.7 Å². The summed E-state index contributed by atoms with van der Waals surface area (Å²) in [6, 6.07) is 6.29. The molecule has 0 unspecified atom stereocenters. The van der Waals surface area contributed by atoms with Gasteiger partial charge in [-0.25, -0.2) is 0 Å². The summed E-state index contributed by atoms with van der Waals surface area (Å²) in [4.78, 5) is 21.3. The smallest absolute Gasteiger partial charge is 0.274 e. The van der Waals surface area contributed by atoms with E-state index in [9.17, 15) is 18.4 Å². The van der Waals surface area contributed by atoms with E-state index in [1.807, 2.05) is 0 Å². The maximum atomic E-state index is 12.6. The van der Waals surface area contributed by atoms with Gasteiger partial charge in [0.25, 0.3) is 11.8 Å². The first kappa shape index (κ1) is 12.2. The Labute approximate surface area is 105 Å². The zero-order valence-electron chi connectivity index (χ0n) is 8.62. The highest BCUT2D eigenvalue weighted by Gasteiger charge is 2.36. The van der Waals surface area contributed by atoms with Gasteiger partial charge in [-0.3, -0.25) is 14.5 Å². The highest BCUT2D eigenvalue weighted by molar-refractivity contribution is 9.09. The number of imide groups is 1. The molecular weight excluding hydrogens is 296 g/mol. The van der Waals surface area contributed by atoms with Crippen LogP contribution in [-0.2, 0) is 0 Å². The second-order valence-electron chi connectivity index (χ2n) is 3.67. The van der Waals surface area contributed by atoms with Crippen LogP contribution in [0.4, 0.5) is 8.78 Å². The molecule has 0 fully saturated rings. The second-order valence-corrected chi connectivity index (χ2v) is 4.83. The largest absolute Gasteiger partial charge is 0.303 e. The summed E-state index contributed by atoms with van der Waals surface area (Å²) in [7, 11) is 0. The molecule has 0 atom stereocenters. The lowest BCUT2D eigenvalue weighted by Gasteiger charge is -2.15. The van der Waals surface area contributed by atoms with Gasteiger partial charge in [-0.2, -0.15) is 8.78 Å². The van der Waals surface area contributed by atoms with Gasteiger partial charge in [-0.15, -0.1) is 0 Å². The Hall–Kier alpha value is -1.30. The molecule has 2 amide bonds. The number of carbonyl (C=O) groups is 2. The molecule has 0 N–H and O–H groups in total. The monoisotopic (exact) mass is 303 g/mol. The van der Waals surface area contributed by atoms with Gasteiger partial charge in [0.15, 0.2) is 0 Å². The highest BCUT2D eigenvalue weighted by Crippen LogP contribution is 2.28. The standard InChI is InChI=1S/C11H8BrF2NO2/c12-11(13,14)5-6-15-9(16)7-3-1-2-4-8(7)10(15)17/h1-4H,5-6H2. The molecule has 0 aromatic heterocycles. The fourth-order valence-corrected chi connectivity index (χ4v) is 1.86. The van der Waals surface area contributed by atoms with Crippen molar-refractivity contribution in [1.82, 2.24) is 4.90 Å². The number of hydrogen-bond donors (Lipinski definition) is 0. The van der Waals surface area contributed by atoms with Crippen LogP contribution in [-0.4, -0.2) is 28.1 Å². The molecule has 0 aliphatic carbocycles. The minimum atomic E-state index is -3.07. The molecule has 1 aliphatic rings. The van der Waals surface area contributed by atoms with Crippen LogP contribution in [0.25, 0.3) is 0 Å². The van der Waals surface area contributed by atoms with E-state index in [1.54, 1.807) is 12.1 Å². The topological polar surface area (TPSA) is 37.4 Å². The molecule has 0 radical (unpaired) electrons. The van der Waals surface area contributed by atoms with Crippen LogP contribution in [0.1, 0.15) is 27.1 Å². The predicted molar refractivity (Wildman–Crippen MR) is 60.3 cm³/mol. The summed E-state index contributed by atoms with van der Waals surface area (Å²) in [5.74, 6) is -1.02. The van der Waals surface area contributed by atoms with Crippen LogP contribution in [0.5, 0.6) is 0 Å². The van der Waals surface area contributed by atoms with Crippen molar-refractivity contribution in [3.8, 4) is 0 Å². The van der Waals surface area contributed by atoms with Crippen molar-refractivity contribution in [1.29, 1.82) is 0 Å². The van der Waals surface area contributed by atoms with Gasteiger partial charge in [-0.1, -0.05) is 12.1 Å². The Morgan fingerprint density at radius 3 is 2.00 bits per heavy atom. The number of nitrogens with zero attached hydrogens (tertiary/aromatic N) is 1. The van der Waals surface area contributed by atoms with Gasteiger partial charge in [0.2, 0.25) is 0 Å². The van der Waals surface area contributed by atoms with Crippen LogP contribution < -0.4 is 0 Å². The third-order valence-electron chi connectivity index (χ3n) is 2.50. The molecular formula is C11H8BrF2NO2. The number of hydrogen-bond acceptors (Lipinski definition) is 2. The molecule has 3 nitrogen and oxygen atoms in total.